The van der Waals surface area contributed by atoms with Crippen LogP contribution in [0.2, 0.25) is 0 Å². The lowest BCUT2D eigenvalue weighted by molar-refractivity contribution is -0.154. The first-order chi connectivity index (χ1) is 23.9. The summed E-state index contributed by atoms with van der Waals surface area (Å²) >= 11 is 3.27. The minimum Gasteiger partial charge on any atom is -0.476 e. The molecule has 4 rings (SSSR count). The Morgan fingerprint density at radius 2 is 1.35 bits per heavy atom. The third-order valence-electron chi connectivity index (χ3n) is 7.05. The lowest BCUT2D eigenvalue weighted by atomic mass is 10.1. The van der Waals surface area contributed by atoms with Gasteiger partial charge in [0.2, 0.25) is 5.88 Å². The number of hydrogen-bond acceptors (Lipinski definition) is 7. The molecule has 51 heavy (non-hydrogen) atoms. The normalized spacial score (nSPS) is 11.0. The highest BCUT2D eigenvalue weighted by Gasteiger charge is 2.17. The van der Waals surface area contributed by atoms with Gasteiger partial charge in [-0.3, -0.25) is 24.1 Å². The number of H-pyrrole nitrogens is 1. The molecule has 0 bridgehead atoms. The topological polar surface area (TPSA) is 129 Å². The van der Waals surface area contributed by atoms with Crippen molar-refractivity contribution in [3.05, 3.63) is 82.1 Å². The number of carbonyl (C=O) groups is 2. The quantitative estimate of drug-likeness (QED) is 0.0893. The molecule has 0 unspecified atom stereocenters. The molecule has 12 heteroatoms. The highest BCUT2D eigenvalue weighted by Crippen LogP contribution is 2.29. The second kappa shape index (κ2) is 20.5. The molecule has 0 saturated carbocycles. The molecule has 0 aliphatic rings. The Kier molecular flexibility index (Phi) is 17.2. The Morgan fingerprint density at radius 1 is 0.804 bits per heavy atom. The fourth-order valence-electron chi connectivity index (χ4n) is 4.90. The number of alkyl halides is 1. The van der Waals surface area contributed by atoms with Crippen LogP contribution in [-0.2, 0) is 28.4 Å². The highest BCUT2D eigenvalue weighted by atomic mass is 79.9. The van der Waals surface area contributed by atoms with E-state index in [-0.39, 0.29) is 17.6 Å². The van der Waals surface area contributed by atoms with Crippen molar-refractivity contribution < 1.29 is 23.8 Å². The number of rotatable bonds is 11. The van der Waals surface area contributed by atoms with E-state index in [1.54, 1.807) is 4.68 Å². The summed E-state index contributed by atoms with van der Waals surface area (Å²) in [5.41, 5.74) is 5.14. The Hall–Kier alpha value is -4.32. The SMILES string of the molecule is CC(C)(C)OC(=O)NCCCBr.Cc1c(-c2ccccc2)n(C)[nH]c1=O.Cc1c(OCCCCC(=O)OC(C)(C)C)nn(C)c1-c1ccccc1. The molecule has 4 aromatic rings. The molecule has 2 heterocycles. The van der Waals surface area contributed by atoms with Crippen molar-refractivity contribution in [2.75, 3.05) is 18.5 Å². The molecule has 0 spiro atoms. The van der Waals surface area contributed by atoms with Gasteiger partial charge in [-0.25, -0.2) is 4.79 Å². The lowest BCUT2D eigenvalue weighted by Crippen LogP contribution is -2.33. The number of amides is 1. The van der Waals surface area contributed by atoms with E-state index in [1.165, 1.54) is 0 Å². The molecule has 0 fully saturated rings. The zero-order chi connectivity index (χ0) is 38.2. The first-order valence-electron chi connectivity index (χ1n) is 17.2. The van der Waals surface area contributed by atoms with Gasteiger partial charge in [0, 0.05) is 54.6 Å². The van der Waals surface area contributed by atoms with Crippen LogP contribution in [0.15, 0.2) is 65.5 Å². The van der Waals surface area contributed by atoms with Crippen LogP contribution in [-0.4, -0.2) is 61.3 Å². The smallest absolute Gasteiger partial charge is 0.407 e. The molecule has 280 valence electrons. The average molecular weight is 771 g/mol. The number of halogens is 1. The summed E-state index contributed by atoms with van der Waals surface area (Å²) in [6, 6.07) is 20.0. The molecule has 2 aromatic heterocycles. The number of esters is 1. The fraction of sp³-hybridized carbons (Fsp3) is 0.487. The van der Waals surface area contributed by atoms with Crippen LogP contribution >= 0.6 is 15.9 Å². The molecule has 11 nitrogen and oxygen atoms in total. The number of benzene rings is 2. The van der Waals surface area contributed by atoms with Gasteiger partial charge in [0.1, 0.15) is 11.2 Å². The van der Waals surface area contributed by atoms with Crippen LogP contribution in [0.1, 0.15) is 78.4 Å². The number of nitrogens with zero attached hydrogens (tertiary/aromatic N) is 3. The van der Waals surface area contributed by atoms with Crippen molar-refractivity contribution in [2.45, 2.75) is 92.3 Å². The molecule has 0 saturated heterocycles. The standard InChI is InChI=1S/C20H28N2O3.C11H12N2O.C8H16BrNO2/c1-15-18(16-11-7-6-8-12-16)22(5)21-19(15)24-14-10-9-13-17(23)25-20(2,3)4;1-8-10(13(2)12-11(8)14)9-6-4-3-5-7-9;1-8(2,3)12-7(11)10-6-4-5-9/h6-8,11-12H,9-10,13-14H2,1-5H3;3-7H,1-2H3,(H,12,14);4-6H2,1-3H3,(H,10,11). The maximum atomic E-state index is 11.7. The van der Waals surface area contributed by atoms with Crippen molar-refractivity contribution in [1.82, 2.24) is 24.9 Å². The van der Waals surface area contributed by atoms with E-state index < -0.39 is 11.2 Å². The molecule has 0 aliphatic carbocycles. The first kappa shape index (κ1) is 42.8. The number of nitrogens with one attached hydrogen (secondary N) is 2. The Balaban J connectivity index is 0.000000292. The number of hydrogen-bond donors (Lipinski definition) is 2. The minimum atomic E-state index is -0.424. The summed E-state index contributed by atoms with van der Waals surface area (Å²) in [4.78, 5) is 34.0. The van der Waals surface area contributed by atoms with Crippen LogP contribution in [0.25, 0.3) is 22.5 Å². The van der Waals surface area contributed by atoms with Gasteiger partial charge < -0.3 is 19.5 Å². The predicted molar refractivity (Wildman–Crippen MR) is 207 cm³/mol. The van der Waals surface area contributed by atoms with E-state index in [0.29, 0.717) is 25.5 Å². The van der Waals surface area contributed by atoms with Crippen LogP contribution in [0.3, 0.4) is 0 Å². The van der Waals surface area contributed by atoms with E-state index in [1.807, 2.05) is 123 Å². The third-order valence-corrected chi connectivity index (χ3v) is 7.61. The Bertz CT molecular complexity index is 1700. The van der Waals surface area contributed by atoms with Crippen molar-refractivity contribution in [1.29, 1.82) is 0 Å². The second-order valence-electron chi connectivity index (χ2n) is 14.0. The molecular weight excluding hydrogens is 714 g/mol. The number of aryl methyl sites for hydroxylation is 2. The highest BCUT2D eigenvalue weighted by molar-refractivity contribution is 9.09. The van der Waals surface area contributed by atoms with Crippen molar-refractivity contribution >= 4 is 28.0 Å². The van der Waals surface area contributed by atoms with Gasteiger partial charge in [0.05, 0.1) is 18.0 Å². The Labute approximate surface area is 311 Å². The van der Waals surface area contributed by atoms with E-state index in [4.69, 9.17) is 14.2 Å². The molecule has 2 aromatic carbocycles. The van der Waals surface area contributed by atoms with E-state index in [2.05, 4.69) is 43.6 Å². The maximum absolute atomic E-state index is 11.7. The molecule has 0 aliphatic heterocycles. The molecular formula is C39H56BrN5O6. The number of alkyl carbamates (subject to hydrolysis) is 1. The number of aromatic nitrogens is 4. The van der Waals surface area contributed by atoms with Crippen molar-refractivity contribution in [3.8, 4) is 28.4 Å². The van der Waals surface area contributed by atoms with Gasteiger partial charge in [0.15, 0.2) is 0 Å². The van der Waals surface area contributed by atoms with Crippen LogP contribution in [0.4, 0.5) is 4.79 Å². The fourth-order valence-corrected chi connectivity index (χ4v) is 5.18. The summed E-state index contributed by atoms with van der Waals surface area (Å²) < 4.78 is 19.7. The van der Waals surface area contributed by atoms with Gasteiger partial charge in [-0.15, -0.1) is 5.10 Å². The summed E-state index contributed by atoms with van der Waals surface area (Å²) in [5.74, 6) is 0.492. The Morgan fingerprint density at radius 3 is 1.84 bits per heavy atom. The molecule has 2 N–H and O–H groups in total. The summed E-state index contributed by atoms with van der Waals surface area (Å²) in [6.07, 6.45) is 2.52. The molecule has 1 amide bonds. The molecule has 0 radical (unpaired) electrons. The first-order valence-corrected chi connectivity index (χ1v) is 18.3. The van der Waals surface area contributed by atoms with E-state index >= 15 is 0 Å². The van der Waals surface area contributed by atoms with E-state index in [9.17, 15) is 14.4 Å². The van der Waals surface area contributed by atoms with Crippen LogP contribution in [0, 0.1) is 13.8 Å². The molecule has 0 atom stereocenters. The minimum absolute atomic E-state index is 0.0219. The van der Waals surface area contributed by atoms with Crippen LogP contribution < -0.4 is 15.6 Å². The zero-order valence-corrected chi connectivity index (χ0v) is 33.5. The average Bonchev–Trinajstić information content (AvgIpc) is 3.47. The van der Waals surface area contributed by atoms with Crippen molar-refractivity contribution in [3.63, 3.8) is 0 Å². The summed E-state index contributed by atoms with van der Waals surface area (Å²) in [6.45, 7) is 16.2. The number of aromatic amines is 1. The largest absolute Gasteiger partial charge is 0.476 e. The third kappa shape index (κ3) is 15.6. The lowest BCUT2D eigenvalue weighted by Gasteiger charge is -2.19. The van der Waals surface area contributed by atoms with Crippen molar-refractivity contribution in [2.24, 2.45) is 14.1 Å². The zero-order valence-electron chi connectivity index (χ0n) is 31.9. The van der Waals surface area contributed by atoms with E-state index in [0.717, 1.165) is 58.2 Å². The number of ether oxygens (including phenoxy) is 3. The van der Waals surface area contributed by atoms with Gasteiger partial charge in [0.25, 0.3) is 5.56 Å². The monoisotopic (exact) mass is 769 g/mol. The van der Waals surface area contributed by atoms with Gasteiger partial charge >= 0.3 is 12.1 Å². The van der Waals surface area contributed by atoms with Gasteiger partial charge in [-0.1, -0.05) is 76.6 Å². The summed E-state index contributed by atoms with van der Waals surface area (Å²) in [7, 11) is 3.77. The maximum Gasteiger partial charge on any atom is 0.407 e. The number of unbranched alkanes of at least 4 members (excludes halogenated alkanes) is 1. The van der Waals surface area contributed by atoms with Gasteiger partial charge in [-0.05, 0) is 74.7 Å². The van der Waals surface area contributed by atoms with Gasteiger partial charge in [-0.2, -0.15) is 0 Å². The second-order valence-corrected chi connectivity index (χ2v) is 14.8. The van der Waals surface area contributed by atoms with Crippen LogP contribution in [0.5, 0.6) is 5.88 Å². The predicted octanol–water partition coefficient (Wildman–Crippen LogP) is 8.27. The summed E-state index contributed by atoms with van der Waals surface area (Å²) in [5, 5.41) is 10.7. The number of carbonyl (C=O) groups excluding carboxylic acids is 2.